The molecule has 1 aromatic rings. The van der Waals surface area contributed by atoms with E-state index >= 15 is 0 Å². The molecule has 0 saturated heterocycles. The smallest absolute Gasteiger partial charge is 0.134 e. The van der Waals surface area contributed by atoms with Gasteiger partial charge >= 0.3 is 0 Å². The molecule has 0 radical (unpaired) electrons. The maximum Gasteiger partial charge on any atom is 0.134 e. The zero-order valence-corrected chi connectivity index (χ0v) is 13.9. The first-order valence-electron chi connectivity index (χ1n) is 7.82. The molecule has 0 fully saturated rings. The van der Waals surface area contributed by atoms with Crippen LogP contribution in [0.2, 0.25) is 0 Å². The molecule has 0 bridgehead atoms. The monoisotopic (exact) mass is 278 g/mol. The van der Waals surface area contributed by atoms with E-state index in [1.54, 1.807) is 0 Å². The van der Waals surface area contributed by atoms with E-state index < -0.39 is 0 Å². The number of anilines is 2. The van der Waals surface area contributed by atoms with Crippen molar-refractivity contribution in [2.24, 2.45) is 5.92 Å². The Labute approximate surface area is 124 Å². The second-order valence-corrected chi connectivity index (χ2v) is 5.90. The van der Waals surface area contributed by atoms with E-state index in [1.165, 1.54) is 6.42 Å². The van der Waals surface area contributed by atoms with Crippen molar-refractivity contribution >= 4 is 11.6 Å². The molecule has 0 spiro atoms. The fraction of sp³-hybridized carbons (Fsp3) is 0.750. The minimum atomic E-state index is 0.480. The number of rotatable bonds is 8. The number of hydrogen-bond donors (Lipinski definition) is 1. The van der Waals surface area contributed by atoms with Gasteiger partial charge in [0.2, 0.25) is 0 Å². The summed E-state index contributed by atoms with van der Waals surface area (Å²) in [6, 6.07) is 2.54. The normalized spacial score (nSPS) is 12.6. The van der Waals surface area contributed by atoms with E-state index in [4.69, 9.17) is 0 Å². The summed E-state index contributed by atoms with van der Waals surface area (Å²) < 4.78 is 0. The van der Waals surface area contributed by atoms with Gasteiger partial charge in [-0.25, -0.2) is 9.97 Å². The van der Waals surface area contributed by atoms with Gasteiger partial charge in [-0.05, 0) is 25.7 Å². The highest BCUT2D eigenvalue weighted by Crippen LogP contribution is 2.20. The van der Waals surface area contributed by atoms with Gasteiger partial charge in [0.25, 0.3) is 0 Å². The van der Waals surface area contributed by atoms with E-state index in [2.05, 4.69) is 67.9 Å². The highest BCUT2D eigenvalue weighted by molar-refractivity contribution is 5.49. The maximum atomic E-state index is 4.66. The van der Waals surface area contributed by atoms with Crippen LogP contribution in [0.1, 0.15) is 53.3 Å². The number of aryl methyl sites for hydroxylation is 1. The summed E-state index contributed by atoms with van der Waals surface area (Å²) in [5.74, 6) is 3.56. The third-order valence-electron chi connectivity index (χ3n) is 3.47. The lowest BCUT2D eigenvalue weighted by molar-refractivity contribution is 0.501. The molecule has 114 valence electrons. The molecule has 1 rings (SSSR count). The SMILES string of the molecule is CCCNc1cc(N(C)C(C)CC(C)C)nc(CC)n1. The Morgan fingerprint density at radius 1 is 1.20 bits per heavy atom. The van der Waals surface area contributed by atoms with Gasteiger partial charge < -0.3 is 10.2 Å². The molecule has 1 aromatic heterocycles. The quantitative estimate of drug-likeness (QED) is 0.786. The first kappa shape index (κ1) is 16.7. The molecule has 1 atom stereocenters. The Kier molecular flexibility index (Phi) is 6.76. The van der Waals surface area contributed by atoms with Crippen LogP contribution in [0.5, 0.6) is 0 Å². The van der Waals surface area contributed by atoms with Gasteiger partial charge in [0.05, 0.1) is 0 Å². The zero-order chi connectivity index (χ0) is 15.1. The number of nitrogens with one attached hydrogen (secondary N) is 1. The average molecular weight is 278 g/mol. The Hall–Kier alpha value is -1.32. The van der Waals surface area contributed by atoms with Crippen molar-refractivity contribution in [3.05, 3.63) is 11.9 Å². The fourth-order valence-electron chi connectivity index (χ4n) is 2.23. The van der Waals surface area contributed by atoms with Gasteiger partial charge in [-0.15, -0.1) is 0 Å². The summed E-state index contributed by atoms with van der Waals surface area (Å²) in [6.45, 7) is 12.0. The van der Waals surface area contributed by atoms with E-state index in [0.717, 1.165) is 36.8 Å². The minimum Gasteiger partial charge on any atom is -0.370 e. The Bertz CT molecular complexity index is 403. The summed E-state index contributed by atoms with van der Waals surface area (Å²) >= 11 is 0. The zero-order valence-electron chi connectivity index (χ0n) is 13.9. The van der Waals surface area contributed by atoms with Gasteiger partial charge in [0, 0.05) is 32.1 Å². The standard InChI is InChI=1S/C16H30N4/c1-7-9-17-15-11-16(19-14(8-2)18-15)20(6)13(5)10-12(3)4/h11-13H,7-10H2,1-6H3,(H,17,18,19). The molecule has 20 heavy (non-hydrogen) atoms. The van der Waals surface area contributed by atoms with E-state index in [9.17, 15) is 0 Å². The third-order valence-corrected chi connectivity index (χ3v) is 3.47. The Morgan fingerprint density at radius 3 is 2.45 bits per heavy atom. The van der Waals surface area contributed by atoms with Crippen LogP contribution in [0.15, 0.2) is 6.07 Å². The lowest BCUT2D eigenvalue weighted by Gasteiger charge is -2.28. The molecule has 4 heteroatoms. The van der Waals surface area contributed by atoms with Gasteiger partial charge in [0.1, 0.15) is 17.5 Å². The van der Waals surface area contributed by atoms with E-state index in [1.807, 2.05) is 0 Å². The first-order valence-corrected chi connectivity index (χ1v) is 7.82. The van der Waals surface area contributed by atoms with Crippen LogP contribution in [-0.4, -0.2) is 29.6 Å². The average Bonchev–Trinajstić information content (AvgIpc) is 2.43. The van der Waals surface area contributed by atoms with Crippen LogP contribution in [-0.2, 0) is 6.42 Å². The molecule has 0 saturated carbocycles. The fourth-order valence-corrected chi connectivity index (χ4v) is 2.23. The summed E-state index contributed by atoms with van der Waals surface area (Å²) in [5.41, 5.74) is 0. The Morgan fingerprint density at radius 2 is 1.90 bits per heavy atom. The molecule has 0 aliphatic carbocycles. The molecule has 1 heterocycles. The van der Waals surface area contributed by atoms with Crippen LogP contribution >= 0.6 is 0 Å². The molecule has 0 aliphatic rings. The molecular weight excluding hydrogens is 248 g/mol. The summed E-state index contributed by atoms with van der Waals surface area (Å²) in [7, 11) is 2.12. The number of aromatic nitrogens is 2. The highest BCUT2D eigenvalue weighted by Gasteiger charge is 2.14. The predicted octanol–water partition coefficient (Wildman–Crippen LogP) is 3.73. The lowest BCUT2D eigenvalue weighted by atomic mass is 10.0. The topological polar surface area (TPSA) is 41.0 Å². The van der Waals surface area contributed by atoms with Crippen molar-refractivity contribution in [2.75, 3.05) is 23.8 Å². The number of hydrogen-bond acceptors (Lipinski definition) is 4. The van der Waals surface area contributed by atoms with Crippen molar-refractivity contribution < 1.29 is 0 Å². The maximum absolute atomic E-state index is 4.66. The van der Waals surface area contributed by atoms with Crippen LogP contribution in [0.25, 0.3) is 0 Å². The van der Waals surface area contributed by atoms with Gasteiger partial charge in [-0.2, -0.15) is 0 Å². The van der Waals surface area contributed by atoms with Crippen molar-refractivity contribution in [2.45, 2.75) is 59.9 Å². The van der Waals surface area contributed by atoms with Gasteiger partial charge in [-0.1, -0.05) is 27.7 Å². The summed E-state index contributed by atoms with van der Waals surface area (Å²) in [6.07, 6.45) is 3.13. The Balaban J connectivity index is 2.91. The predicted molar refractivity (Wildman–Crippen MR) is 87.5 cm³/mol. The summed E-state index contributed by atoms with van der Waals surface area (Å²) in [5, 5.41) is 3.37. The van der Waals surface area contributed by atoms with Crippen LogP contribution in [0.3, 0.4) is 0 Å². The first-order chi connectivity index (χ1) is 9.47. The molecule has 0 aliphatic heterocycles. The van der Waals surface area contributed by atoms with Crippen molar-refractivity contribution in [3.63, 3.8) is 0 Å². The van der Waals surface area contributed by atoms with Crippen molar-refractivity contribution in [1.82, 2.24) is 9.97 Å². The second-order valence-electron chi connectivity index (χ2n) is 5.90. The molecule has 4 nitrogen and oxygen atoms in total. The van der Waals surface area contributed by atoms with Gasteiger partial charge in [-0.3, -0.25) is 0 Å². The highest BCUT2D eigenvalue weighted by atomic mass is 15.2. The molecule has 0 amide bonds. The van der Waals surface area contributed by atoms with Crippen LogP contribution in [0, 0.1) is 5.92 Å². The molecule has 0 aromatic carbocycles. The van der Waals surface area contributed by atoms with E-state index in [-0.39, 0.29) is 0 Å². The largest absolute Gasteiger partial charge is 0.370 e. The minimum absolute atomic E-state index is 0.480. The lowest BCUT2D eigenvalue weighted by Crippen LogP contribution is -2.31. The van der Waals surface area contributed by atoms with Crippen molar-refractivity contribution in [1.29, 1.82) is 0 Å². The second kappa shape index (κ2) is 8.08. The molecule has 1 N–H and O–H groups in total. The molecule has 1 unspecified atom stereocenters. The number of nitrogens with zero attached hydrogens (tertiary/aromatic N) is 3. The third kappa shape index (κ3) is 4.99. The summed E-state index contributed by atoms with van der Waals surface area (Å²) in [4.78, 5) is 11.5. The molecular formula is C16H30N4. The van der Waals surface area contributed by atoms with Gasteiger partial charge in [0.15, 0.2) is 0 Å². The van der Waals surface area contributed by atoms with E-state index in [0.29, 0.717) is 12.0 Å². The van der Waals surface area contributed by atoms with Crippen LogP contribution in [0.4, 0.5) is 11.6 Å². The van der Waals surface area contributed by atoms with Crippen molar-refractivity contribution in [3.8, 4) is 0 Å². The van der Waals surface area contributed by atoms with Crippen LogP contribution < -0.4 is 10.2 Å².